The molecule has 0 fully saturated rings. The van der Waals surface area contributed by atoms with Gasteiger partial charge in [0, 0.05) is 12.1 Å². The van der Waals surface area contributed by atoms with Gasteiger partial charge in [0.1, 0.15) is 11.6 Å². The lowest BCUT2D eigenvalue weighted by Crippen LogP contribution is -2.23. The Kier molecular flexibility index (Phi) is 5.99. The molecule has 2 nitrogen and oxygen atoms in total. The van der Waals surface area contributed by atoms with Gasteiger partial charge in [-0.3, -0.25) is 0 Å². The number of ether oxygens (including phenoxy) is 2. The summed E-state index contributed by atoms with van der Waals surface area (Å²) in [6.07, 6.45) is -3.10. The fourth-order valence-corrected chi connectivity index (χ4v) is 2.24. The van der Waals surface area contributed by atoms with Gasteiger partial charge in [-0.05, 0) is 24.1 Å². The van der Waals surface area contributed by atoms with Crippen molar-refractivity contribution in [3.63, 3.8) is 0 Å². The van der Waals surface area contributed by atoms with Gasteiger partial charge in [0.2, 0.25) is 0 Å². The summed E-state index contributed by atoms with van der Waals surface area (Å²) in [5.41, 5.74) is -0.638. The van der Waals surface area contributed by atoms with Gasteiger partial charge in [-0.15, -0.1) is 0 Å². The van der Waals surface area contributed by atoms with E-state index in [1.54, 1.807) is 0 Å². The average Bonchev–Trinajstić information content (AvgIpc) is 2.50. The number of hydrogen-bond donors (Lipinski definition) is 0. The van der Waals surface area contributed by atoms with Crippen LogP contribution in [0.15, 0.2) is 30.3 Å². The SMILES string of the molecule is CCCc1ccc(C(F)(F)Oc2cc(F)c(OC(F)F)c(F)c2)c(F)c1. The van der Waals surface area contributed by atoms with Crippen molar-refractivity contribution in [1.29, 1.82) is 0 Å². The third-order valence-electron chi connectivity index (χ3n) is 3.31. The number of hydrogen-bond acceptors (Lipinski definition) is 2. The van der Waals surface area contributed by atoms with Crippen LogP contribution in [0, 0.1) is 17.5 Å². The molecule has 142 valence electrons. The Morgan fingerprint density at radius 3 is 2.08 bits per heavy atom. The van der Waals surface area contributed by atoms with Crippen molar-refractivity contribution in [3.05, 3.63) is 58.9 Å². The topological polar surface area (TPSA) is 18.5 Å². The van der Waals surface area contributed by atoms with Gasteiger partial charge < -0.3 is 9.47 Å². The molecule has 0 radical (unpaired) electrons. The predicted octanol–water partition coefficient (Wildman–Crippen LogP) is 5.79. The summed E-state index contributed by atoms with van der Waals surface area (Å²) in [6.45, 7) is -1.68. The van der Waals surface area contributed by atoms with Crippen LogP contribution in [-0.4, -0.2) is 6.61 Å². The quantitative estimate of drug-likeness (QED) is 0.565. The Hall–Kier alpha value is -2.45. The van der Waals surface area contributed by atoms with Crippen molar-refractivity contribution < 1.29 is 40.2 Å². The van der Waals surface area contributed by atoms with E-state index in [1.165, 1.54) is 6.07 Å². The first-order valence-electron chi connectivity index (χ1n) is 7.43. The molecule has 0 aromatic heterocycles. The van der Waals surface area contributed by atoms with Crippen molar-refractivity contribution in [1.82, 2.24) is 0 Å². The van der Waals surface area contributed by atoms with E-state index < -0.39 is 47.2 Å². The van der Waals surface area contributed by atoms with Crippen LogP contribution >= 0.6 is 0 Å². The lowest BCUT2D eigenvalue weighted by Gasteiger charge is -2.20. The highest BCUT2D eigenvalue weighted by Crippen LogP contribution is 2.36. The molecule has 9 heteroatoms. The van der Waals surface area contributed by atoms with Crippen molar-refractivity contribution >= 4 is 0 Å². The van der Waals surface area contributed by atoms with Crippen molar-refractivity contribution in [2.75, 3.05) is 0 Å². The zero-order valence-corrected chi connectivity index (χ0v) is 13.3. The third-order valence-corrected chi connectivity index (χ3v) is 3.31. The summed E-state index contributed by atoms with van der Waals surface area (Å²) in [5.74, 6) is -7.06. The maximum absolute atomic E-state index is 14.1. The molecule has 0 saturated heterocycles. The molecule has 2 aromatic carbocycles. The van der Waals surface area contributed by atoms with Crippen LogP contribution in [0.25, 0.3) is 0 Å². The van der Waals surface area contributed by atoms with Gasteiger partial charge in [-0.2, -0.15) is 17.6 Å². The minimum Gasteiger partial charge on any atom is -0.429 e. The van der Waals surface area contributed by atoms with Gasteiger partial charge >= 0.3 is 12.7 Å². The molecule has 0 unspecified atom stereocenters. The molecule has 0 amide bonds. The standard InChI is InChI=1S/C17H13F7O2/c1-2-3-9-4-5-11(12(18)6-9)17(23,24)26-10-7-13(19)15(14(20)8-10)25-16(21)22/h4-8,16H,2-3H2,1H3. The largest absolute Gasteiger partial charge is 0.429 e. The number of alkyl halides is 4. The van der Waals surface area contributed by atoms with Crippen LogP contribution in [0.1, 0.15) is 24.5 Å². The minimum atomic E-state index is -4.25. The molecule has 0 atom stereocenters. The average molecular weight is 382 g/mol. The molecule has 2 rings (SSSR count). The Balaban J connectivity index is 2.29. The lowest BCUT2D eigenvalue weighted by molar-refractivity contribution is -0.187. The molecule has 26 heavy (non-hydrogen) atoms. The number of rotatable bonds is 7. The Morgan fingerprint density at radius 2 is 1.58 bits per heavy atom. The molecule has 0 saturated carbocycles. The molecule has 0 aliphatic rings. The van der Waals surface area contributed by atoms with E-state index in [0.29, 0.717) is 18.4 Å². The fourth-order valence-electron chi connectivity index (χ4n) is 2.24. The molecule has 0 N–H and O–H groups in total. The molecule has 0 bridgehead atoms. The molecular formula is C17H13F7O2. The zero-order valence-electron chi connectivity index (χ0n) is 13.3. The van der Waals surface area contributed by atoms with Crippen molar-refractivity contribution in [3.8, 4) is 11.5 Å². The van der Waals surface area contributed by atoms with Gasteiger partial charge in [0.15, 0.2) is 17.4 Å². The first kappa shape index (κ1) is 19.9. The molecule has 0 heterocycles. The highest BCUT2D eigenvalue weighted by molar-refractivity contribution is 5.36. The fraction of sp³-hybridized carbons (Fsp3) is 0.294. The Morgan fingerprint density at radius 1 is 0.962 bits per heavy atom. The summed E-state index contributed by atoms with van der Waals surface area (Å²) < 4.78 is 101. The maximum atomic E-state index is 14.1. The van der Waals surface area contributed by atoms with E-state index in [4.69, 9.17) is 0 Å². The monoisotopic (exact) mass is 382 g/mol. The third kappa shape index (κ3) is 4.59. The zero-order chi connectivity index (χ0) is 19.5. The minimum absolute atomic E-state index is 0.234. The van der Waals surface area contributed by atoms with Crippen molar-refractivity contribution in [2.24, 2.45) is 0 Å². The first-order valence-corrected chi connectivity index (χ1v) is 7.43. The summed E-state index contributed by atoms with van der Waals surface area (Å²) in [5, 5.41) is 0. The van der Waals surface area contributed by atoms with Gasteiger partial charge in [0.25, 0.3) is 0 Å². The van der Waals surface area contributed by atoms with Crippen LogP contribution in [0.3, 0.4) is 0 Å². The van der Waals surface area contributed by atoms with Gasteiger partial charge in [0.05, 0.1) is 5.56 Å². The predicted molar refractivity (Wildman–Crippen MR) is 77.9 cm³/mol. The van der Waals surface area contributed by atoms with Gasteiger partial charge in [-0.1, -0.05) is 19.4 Å². The number of aryl methyl sites for hydroxylation is 1. The Bertz CT molecular complexity index is 755. The highest BCUT2D eigenvalue weighted by atomic mass is 19.3. The second-order valence-electron chi connectivity index (χ2n) is 5.28. The second kappa shape index (κ2) is 7.84. The van der Waals surface area contributed by atoms with Crippen molar-refractivity contribution in [2.45, 2.75) is 32.5 Å². The molecule has 2 aromatic rings. The smallest absolute Gasteiger partial charge is 0.429 e. The van der Waals surface area contributed by atoms with Crippen LogP contribution < -0.4 is 9.47 Å². The summed E-state index contributed by atoms with van der Waals surface area (Å²) in [6, 6.07) is 3.47. The summed E-state index contributed by atoms with van der Waals surface area (Å²) in [7, 11) is 0. The normalized spacial score (nSPS) is 11.7. The summed E-state index contributed by atoms with van der Waals surface area (Å²) >= 11 is 0. The highest BCUT2D eigenvalue weighted by Gasteiger charge is 2.38. The van der Waals surface area contributed by atoms with E-state index in [1.807, 2.05) is 6.92 Å². The first-order chi connectivity index (χ1) is 12.1. The molecule has 0 aliphatic carbocycles. The molecule has 0 spiro atoms. The van der Waals surface area contributed by atoms with E-state index in [-0.39, 0.29) is 12.1 Å². The van der Waals surface area contributed by atoms with Gasteiger partial charge in [-0.25, -0.2) is 13.2 Å². The molecular weight excluding hydrogens is 369 g/mol. The lowest BCUT2D eigenvalue weighted by atomic mass is 10.1. The van der Waals surface area contributed by atoms with E-state index in [2.05, 4.69) is 9.47 Å². The number of benzene rings is 2. The molecule has 0 aliphatic heterocycles. The second-order valence-corrected chi connectivity index (χ2v) is 5.28. The van der Waals surface area contributed by atoms with Crippen LogP contribution in [0.4, 0.5) is 30.7 Å². The number of halogens is 7. The maximum Gasteiger partial charge on any atom is 0.429 e. The van der Waals surface area contributed by atoms with E-state index in [0.717, 1.165) is 12.1 Å². The Labute approximate surface area is 144 Å². The van der Waals surface area contributed by atoms with Crippen LogP contribution in [0.5, 0.6) is 11.5 Å². The van der Waals surface area contributed by atoms with Crippen LogP contribution in [-0.2, 0) is 12.5 Å². The van der Waals surface area contributed by atoms with E-state index in [9.17, 15) is 30.7 Å². The summed E-state index contributed by atoms with van der Waals surface area (Å²) in [4.78, 5) is 0. The van der Waals surface area contributed by atoms with E-state index >= 15 is 0 Å². The van der Waals surface area contributed by atoms with Crippen LogP contribution in [0.2, 0.25) is 0 Å².